The lowest BCUT2D eigenvalue weighted by Gasteiger charge is -2.15. The van der Waals surface area contributed by atoms with Crippen molar-refractivity contribution >= 4 is 11.8 Å². The van der Waals surface area contributed by atoms with E-state index in [1.54, 1.807) is 11.8 Å². The van der Waals surface area contributed by atoms with Gasteiger partial charge in [-0.3, -0.25) is 0 Å². The zero-order valence-electron chi connectivity index (χ0n) is 12.0. The molecule has 0 aliphatic carbocycles. The van der Waals surface area contributed by atoms with Gasteiger partial charge in [-0.25, -0.2) is 0 Å². The molecule has 2 unspecified atom stereocenters. The first-order valence-electron chi connectivity index (χ1n) is 6.73. The highest BCUT2D eigenvalue weighted by Crippen LogP contribution is 2.21. The van der Waals surface area contributed by atoms with Crippen LogP contribution in [0.25, 0.3) is 0 Å². The predicted molar refractivity (Wildman–Crippen MR) is 82.7 cm³/mol. The highest BCUT2D eigenvalue weighted by Gasteiger charge is 2.08. The third-order valence-corrected chi connectivity index (χ3v) is 4.09. The Labute approximate surface area is 120 Å². The zero-order valence-corrected chi connectivity index (χ0v) is 12.8. The van der Waals surface area contributed by atoms with Gasteiger partial charge in [0.1, 0.15) is 5.75 Å². The second kappa shape index (κ2) is 8.46. The Bertz CT molecular complexity index is 354. The minimum absolute atomic E-state index is 0.0315. The predicted octanol–water partition coefficient (Wildman–Crippen LogP) is 2.84. The van der Waals surface area contributed by atoms with Crippen molar-refractivity contribution < 1.29 is 9.84 Å². The Hall–Kier alpha value is -0.710. The summed E-state index contributed by atoms with van der Waals surface area (Å²) in [7, 11) is 0. The molecular weight excluding hydrogens is 258 g/mol. The van der Waals surface area contributed by atoms with E-state index in [2.05, 4.69) is 0 Å². The summed E-state index contributed by atoms with van der Waals surface area (Å²) in [4.78, 5) is 0. The highest BCUT2D eigenvalue weighted by atomic mass is 32.2. The molecule has 0 saturated heterocycles. The van der Waals surface area contributed by atoms with Crippen molar-refractivity contribution in [3.8, 4) is 5.75 Å². The van der Waals surface area contributed by atoms with Crippen LogP contribution in [-0.2, 0) is 0 Å². The van der Waals surface area contributed by atoms with Gasteiger partial charge in [-0.1, -0.05) is 19.1 Å². The second-order valence-electron chi connectivity index (χ2n) is 5.17. The summed E-state index contributed by atoms with van der Waals surface area (Å²) in [6, 6.07) is 8.02. The van der Waals surface area contributed by atoms with Gasteiger partial charge in [0, 0.05) is 18.4 Å². The van der Waals surface area contributed by atoms with Crippen LogP contribution in [0.5, 0.6) is 5.75 Å². The number of hydrogen-bond donors (Lipinski definition) is 2. The summed E-state index contributed by atoms with van der Waals surface area (Å²) >= 11 is 1.79. The molecule has 1 rings (SSSR count). The summed E-state index contributed by atoms with van der Waals surface area (Å²) in [5.41, 5.74) is 7.28. The van der Waals surface area contributed by atoms with Gasteiger partial charge in [-0.05, 0) is 43.2 Å². The monoisotopic (exact) mass is 283 g/mol. The Balaban J connectivity index is 2.42. The van der Waals surface area contributed by atoms with E-state index in [1.165, 1.54) is 0 Å². The quantitative estimate of drug-likeness (QED) is 0.770. The van der Waals surface area contributed by atoms with Gasteiger partial charge in [-0.2, -0.15) is 11.8 Å². The Morgan fingerprint density at radius 1 is 1.16 bits per heavy atom. The fourth-order valence-electron chi connectivity index (χ4n) is 1.61. The number of nitrogens with two attached hydrogens (primary N) is 1. The fraction of sp³-hybridized carbons (Fsp3) is 0.600. The van der Waals surface area contributed by atoms with Crippen LogP contribution in [0, 0.1) is 5.92 Å². The summed E-state index contributed by atoms with van der Waals surface area (Å²) < 4.78 is 5.60. The molecular formula is C15H25NO2S. The van der Waals surface area contributed by atoms with Gasteiger partial charge in [0.15, 0.2) is 0 Å². The Morgan fingerprint density at radius 2 is 1.79 bits per heavy atom. The van der Waals surface area contributed by atoms with E-state index in [9.17, 15) is 0 Å². The molecule has 3 N–H and O–H groups in total. The maximum Gasteiger partial charge on any atom is 0.119 e. The highest BCUT2D eigenvalue weighted by molar-refractivity contribution is 7.99. The minimum Gasteiger partial charge on any atom is -0.491 e. The molecule has 0 aromatic heterocycles. The lowest BCUT2D eigenvalue weighted by Crippen LogP contribution is -2.14. The molecule has 19 heavy (non-hydrogen) atoms. The van der Waals surface area contributed by atoms with Gasteiger partial charge in [-0.15, -0.1) is 0 Å². The van der Waals surface area contributed by atoms with Gasteiger partial charge in [0.05, 0.1) is 6.10 Å². The van der Waals surface area contributed by atoms with Crippen LogP contribution in [0.15, 0.2) is 24.3 Å². The number of thioether (sulfide) groups is 1. The van der Waals surface area contributed by atoms with Crippen LogP contribution in [0.2, 0.25) is 0 Å². The van der Waals surface area contributed by atoms with E-state index in [0.717, 1.165) is 22.8 Å². The first-order chi connectivity index (χ1) is 9.02. The van der Waals surface area contributed by atoms with Crippen LogP contribution >= 0.6 is 11.8 Å². The first-order valence-corrected chi connectivity index (χ1v) is 7.89. The zero-order chi connectivity index (χ0) is 14.3. The summed E-state index contributed by atoms with van der Waals surface area (Å²) in [6.07, 6.45) is 0.190. The molecule has 3 nitrogen and oxygen atoms in total. The first kappa shape index (κ1) is 16.3. The van der Waals surface area contributed by atoms with E-state index in [4.69, 9.17) is 15.6 Å². The third-order valence-electron chi connectivity index (χ3n) is 2.69. The van der Waals surface area contributed by atoms with Crippen LogP contribution in [-0.4, -0.2) is 29.3 Å². The van der Waals surface area contributed by atoms with Crippen molar-refractivity contribution in [2.75, 3.05) is 18.1 Å². The van der Waals surface area contributed by atoms with Crippen LogP contribution in [0.1, 0.15) is 32.4 Å². The van der Waals surface area contributed by atoms with Crippen molar-refractivity contribution in [3.63, 3.8) is 0 Å². The van der Waals surface area contributed by atoms with Crippen molar-refractivity contribution in [2.45, 2.75) is 32.9 Å². The largest absolute Gasteiger partial charge is 0.491 e. The van der Waals surface area contributed by atoms with Gasteiger partial charge >= 0.3 is 0 Å². The number of benzene rings is 1. The average Bonchev–Trinajstić information content (AvgIpc) is 2.38. The molecule has 0 heterocycles. The summed E-state index contributed by atoms with van der Waals surface area (Å²) in [6.45, 7) is 6.30. The number of rotatable bonds is 8. The van der Waals surface area contributed by atoms with Gasteiger partial charge in [0.2, 0.25) is 0 Å². The SMILES string of the molecule is CC(CO)CSCC(N)c1ccc(OC(C)C)cc1. The summed E-state index contributed by atoms with van der Waals surface area (Å²) in [5, 5.41) is 8.96. The number of hydrogen-bond acceptors (Lipinski definition) is 4. The number of aliphatic hydroxyl groups is 1. The average molecular weight is 283 g/mol. The van der Waals surface area contributed by atoms with Crippen LogP contribution in [0.4, 0.5) is 0 Å². The van der Waals surface area contributed by atoms with E-state index in [1.807, 2.05) is 45.0 Å². The summed E-state index contributed by atoms with van der Waals surface area (Å²) in [5.74, 6) is 3.03. The molecule has 2 atom stereocenters. The molecule has 1 aromatic rings. The van der Waals surface area contributed by atoms with Crippen molar-refractivity contribution in [3.05, 3.63) is 29.8 Å². The molecule has 0 bridgehead atoms. The smallest absolute Gasteiger partial charge is 0.119 e. The molecule has 0 aliphatic rings. The van der Waals surface area contributed by atoms with Crippen LogP contribution < -0.4 is 10.5 Å². The van der Waals surface area contributed by atoms with E-state index in [0.29, 0.717) is 5.92 Å². The van der Waals surface area contributed by atoms with E-state index >= 15 is 0 Å². The molecule has 0 radical (unpaired) electrons. The fourth-order valence-corrected chi connectivity index (χ4v) is 2.70. The molecule has 0 amide bonds. The number of ether oxygens (including phenoxy) is 1. The molecule has 1 aromatic carbocycles. The van der Waals surface area contributed by atoms with E-state index < -0.39 is 0 Å². The molecule has 0 spiro atoms. The lowest BCUT2D eigenvalue weighted by molar-refractivity contribution is 0.242. The standard InChI is InChI=1S/C15H25NO2S/c1-11(2)18-14-6-4-13(5-7-14)15(16)10-19-9-12(3)8-17/h4-7,11-12,15,17H,8-10,16H2,1-3H3. The van der Waals surface area contributed by atoms with Crippen LogP contribution in [0.3, 0.4) is 0 Å². The normalized spacial score (nSPS) is 14.4. The maximum absolute atomic E-state index is 8.96. The lowest BCUT2D eigenvalue weighted by atomic mass is 10.1. The topological polar surface area (TPSA) is 55.5 Å². The third kappa shape index (κ3) is 6.32. The minimum atomic E-state index is 0.0315. The maximum atomic E-state index is 8.96. The van der Waals surface area contributed by atoms with Gasteiger partial charge in [0.25, 0.3) is 0 Å². The number of aliphatic hydroxyl groups excluding tert-OH is 1. The molecule has 0 aliphatic heterocycles. The Morgan fingerprint density at radius 3 is 2.32 bits per heavy atom. The van der Waals surface area contributed by atoms with Gasteiger partial charge < -0.3 is 15.6 Å². The second-order valence-corrected chi connectivity index (χ2v) is 6.24. The molecule has 0 saturated carbocycles. The van der Waals surface area contributed by atoms with Crippen molar-refractivity contribution in [1.29, 1.82) is 0 Å². The molecule has 0 fully saturated rings. The van der Waals surface area contributed by atoms with E-state index in [-0.39, 0.29) is 18.8 Å². The van der Waals surface area contributed by atoms with Crippen molar-refractivity contribution in [1.82, 2.24) is 0 Å². The molecule has 108 valence electrons. The van der Waals surface area contributed by atoms with Crippen molar-refractivity contribution in [2.24, 2.45) is 11.7 Å². The molecule has 4 heteroatoms. The Kier molecular flexibility index (Phi) is 7.28.